The topological polar surface area (TPSA) is 75.4 Å². The standard InChI is InChI=1S/C18H19Cl2N3O3/c1-2-7-23(18(25)15-9-16(26-22-15)11-3-4-11)10-17(24)21-14-6-5-12(19)8-13(14)20/h5-6,8-9,11H,2-4,7,10H2,1H3,(H,21,24). The number of amides is 2. The van der Waals surface area contributed by atoms with Gasteiger partial charge in [-0.15, -0.1) is 0 Å². The first-order chi connectivity index (χ1) is 12.5. The van der Waals surface area contributed by atoms with E-state index in [2.05, 4.69) is 10.5 Å². The number of carbonyl (C=O) groups is 2. The van der Waals surface area contributed by atoms with Gasteiger partial charge in [0.05, 0.1) is 10.7 Å². The van der Waals surface area contributed by atoms with Crippen molar-refractivity contribution in [2.24, 2.45) is 0 Å². The summed E-state index contributed by atoms with van der Waals surface area (Å²) in [5.41, 5.74) is 0.681. The number of nitrogens with one attached hydrogen (secondary N) is 1. The third-order valence-electron chi connectivity index (χ3n) is 4.05. The fourth-order valence-electron chi connectivity index (χ4n) is 2.59. The van der Waals surface area contributed by atoms with Crippen molar-refractivity contribution in [3.63, 3.8) is 0 Å². The van der Waals surface area contributed by atoms with Crippen molar-refractivity contribution in [2.75, 3.05) is 18.4 Å². The lowest BCUT2D eigenvalue weighted by Gasteiger charge is -2.20. The molecular formula is C18H19Cl2N3O3. The van der Waals surface area contributed by atoms with E-state index in [-0.39, 0.29) is 24.1 Å². The van der Waals surface area contributed by atoms with E-state index in [1.165, 1.54) is 4.90 Å². The molecule has 1 heterocycles. The highest BCUT2D eigenvalue weighted by Crippen LogP contribution is 2.40. The maximum Gasteiger partial charge on any atom is 0.276 e. The third kappa shape index (κ3) is 4.56. The average molecular weight is 396 g/mol. The molecule has 1 aromatic heterocycles. The minimum atomic E-state index is -0.345. The van der Waals surface area contributed by atoms with Gasteiger partial charge in [-0.25, -0.2) is 0 Å². The molecule has 1 aromatic carbocycles. The van der Waals surface area contributed by atoms with E-state index in [0.29, 0.717) is 34.6 Å². The zero-order valence-electron chi connectivity index (χ0n) is 14.3. The van der Waals surface area contributed by atoms with E-state index >= 15 is 0 Å². The molecule has 2 amide bonds. The molecule has 1 N–H and O–H groups in total. The van der Waals surface area contributed by atoms with Crippen molar-refractivity contribution in [1.82, 2.24) is 10.1 Å². The van der Waals surface area contributed by atoms with Gasteiger partial charge in [0.15, 0.2) is 5.69 Å². The van der Waals surface area contributed by atoms with Gasteiger partial charge in [-0.2, -0.15) is 0 Å². The number of anilines is 1. The van der Waals surface area contributed by atoms with E-state index in [1.807, 2.05) is 6.92 Å². The van der Waals surface area contributed by atoms with Crippen LogP contribution in [0.25, 0.3) is 0 Å². The van der Waals surface area contributed by atoms with E-state index in [9.17, 15) is 9.59 Å². The largest absolute Gasteiger partial charge is 0.360 e. The molecule has 3 rings (SSSR count). The molecule has 8 heteroatoms. The highest BCUT2D eigenvalue weighted by Gasteiger charge is 2.30. The number of rotatable bonds is 7. The van der Waals surface area contributed by atoms with Gasteiger partial charge in [-0.1, -0.05) is 35.3 Å². The Hall–Kier alpha value is -2.05. The highest BCUT2D eigenvalue weighted by atomic mass is 35.5. The average Bonchev–Trinajstić information content (AvgIpc) is 3.33. The van der Waals surface area contributed by atoms with Gasteiger partial charge in [-0.05, 0) is 37.5 Å². The second-order valence-corrected chi connectivity index (χ2v) is 7.13. The maximum absolute atomic E-state index is 12.7. The number of benzene rings is 1. The quantitative estimate of drug-likeness (QED) is 0.755. The fourth-order valence-corrected chi connectivity index (χ4v) is 3.04. The number of halogens is 2. The first kappa shape index (κ1) is 18.7. The summed E-state index contributed by atoms with van der Waals surface area (Å²) in [6.45, 7) is 2.27. The number of carbonyl (C=O) groups excluding carboxylic acids is 2. The lowest BCUT2D eigenvalue weighted by atomic mass is 10.2. The van der Waals surface area contributed by atoms with Crippen LogP contribution in [-0.2, 0) is 4.79 Å². The Morgan fingerprint density at radius 1 is 1.31 bits per heavy atom. The predicted octanol–water partition coefficient (Wildman–Crippen LogP) is 4.35. The molecule has 6 nitrogen and oxygen atoms in total. The Labute approximate surface area is 161 Å². The molecule has 138 valence electrons. The van der Waals surface area contributed by atoms with E-state index in [1.54, 1.807) is 24.3 Å². The van der Waals surface area contributed by atoms with Crippen molar-refractivity contribution in [3.05, 3.63) is 45.8 Å². The van der Waals surface area contributed by atoms with Crippen LogP contribution in [0, 0.1) is 0 Å². The summed E-state index contributed by atoms with van der Waals surface area (Å²) in [5, 5.41) is 7.38. The predicted molar refractivity (Wildman–Crippen MR) is 99.8 cm³/mol. The first-order valence-electron chi connectivity index (χ1n) is 8.48. The highest BCUT2D eigenvalue weighted by molar-refractivity contribution is 6.36. The summed E-state index contributed by atoms with van der Waals surface area (Å²) in [4.78, 5) is 26.5. The molecule has 1 fully saturated rings. The minimum Gasteiger partial charge on any atom is -0.360 e. The number of hydrogen-bond acceptors (Lipinski definition) is 4. The number of nitrogens with zero attached hydrogens (tertiary/aromatic N) is 2. The summed E-state index contributed by atoms with van der Waals surface area (Å²) in [5.74, 6) is 0.447. The SMILES string of the molecule is CCCN(CC(=O)Nc1ccc(Cl)cc1Cl)C(=O)c1cc(C2CC2)on1. The Morgan fingerprint density at radius 2 is 2.08 bits per heavy atom. The van der Waals surface area contributed by atoms with E-state index in [4.69, 9.17) is 27.7 Å². The Kier molecular flexibility index (Phi) is 5.84. The van der Waals surface area contributed by atoms with Gasteiger partial charge in [-0.3, -0.25) is 9.59 Å². The molecule has 0 unspecified atom stereocenters. The van der Waals surface area contributed by atoms with Crippen molar-refractivity contribution in [3.8, 4) is 0 Å². The molecule has 0 saturated heterocycles. The van der Waals surface area contributed by atoms with Crippen LogP contribution in [0.5, 0.6) is 0 Å². The summed E-state index contributed by atoms with van der Waals surface area (Å²) in [7, 11) is 0. The van der Waals surface area contributed by atoms with Gasteiger partial charge >= 0.3 is 0 Å². The summed E-state index contributed by atoms with van der Waals surface area (Å²) in [6, 6.07) is 6.47. The molecule has 26 heavy (non-hydrogen) atoms. The van der Waals surface area contributed by atoms with Crippen LogP contribution in [0.15, 0.2) is 28.8 Å². The van der Waals surface area contributed by atoms with Crippen LogP contribution >= 0.6 is 23.2 Å². The monoisotopic (exact) mass is 395 g/mol. The van der Waals surface area contributed by atoms with Gasteiger partial charge in [0.1, 0.15) is 12.3 Å². The number of aromatic nitrogens is 1. The Bertz CT molecular complexity index is 818. The molecule has 1 aliphatic rings. The fraction of sp³-hybridized carbons (Fsp3) is 0.389. The van der Waals surface area contributed by atoms with Crippen LogP contribution in [-0.4, -0.2) is 35.0 Å². The van der Waals surface area contributed by atoms with E-state index in [0.717, 1.165) is 18.6 Å². The molecule has 2 aromatic rings. The normalized spacial score (nSPS) is 13.5. The second-order valence-electron chi connectivity index (χ2n) is 6.29. The molecular weight excluding hydrogens is 377 g/mol. The summed E-state index contributed by atoms with van der Waals surface area (Å²) in [6.07, 6.45) is 2.84. The Balaban J connectivity index is 1.66. The molecule has 1 saturated carbocycles. The van der Waals surface area contributed by atoms with Gasteiger partial charge in [0.25, 0.3) is 5.91 Å². The molecule has 1 aliphatic carbocycles. The van der Waals surface area contributed by atoms with Crippen LogP contribution in [0.1, 0.15) is 48.4 Å². The zero-order chi connectivity index (χ0) is 18.7. The second kappa shape index (κ2) is 8.10. The smallest absolute Gasteiger partial charge is 0.276 e. The lowest BCUT2D eigenvalue weighted by molar-refractivity contribution is -0.116. The van der Waals surface area contributed by atoms with Gasteiger partial charge in [0.2, 0.25) is 5.91 Å². The minimum absolute atomic E-state index is 0.0999. The zero-order valence-corrected chi connectivity index (χ0v) is 15.8. The Morgan fingerprint density at radius 3 is 2.73 bits per heavy atom. The molecule has 0 spiro atoms. The van der Waals surface area contributed by atoms with Crippen LogP contribution in [0.2, 0.25) is 10.0 Å². The summed E-state index contributed by atoms with van der Waals surface area (Å²) < 4.78 is 5.24. The lowest BCUT2D eigenvalue weighted by Crippen LogP contribution is -2.38. The van der Waals surface area contributed by atoms with Crippen LogP contribution < -0.4 is 5.32 Å². The molecule has 0 bridgehead atoms. The van der Waals surface area contributed by atoms with Gasteiger partial charge < -0.3 is 14.7 Å². The maximum atomic E-state index is 12.7. The van der Waals surface area contributed by atoms with E-state index < -0.39 is 0 Å². The van der Waals surface area contributed by atoms with Crippen molar-refractivity contribution < 1.29 is 14.1 Å². The first-order valence-corrected chi connectivity index (χ1v) is 9.24. The van der Waals surface area contributed by atoms with Crippen LogP contribution in [0.3, 0.4) is 0 Å². The van der Waals surface area contributed by atoms with Crippen molar-refractivity contribution in [1.29, 1.82) is 0 Å². The van der Waals surface area contributed by atoms with Crippen molar-refractivity contribution >= 4 is 40.7 Å². The summed E-state index contributed by atoms with van der Waals surface area (Å²) >= 11 is 11.9. The van der Waals surface area contributed by atoms with Crippen LogP contribution in [0.4, 0.5) is 5.69 Å². The molecule has 0 atom stereocenters. The van der Waals surface area contributed by atoms with Gasteiger partial charge in [0, 0.05) is 23.6 Å². The molecule has 0 radical (unpaired) electrons. The van der Waals surface area contributed by atoms with Crippen molar-refractivity contribution in [2.45, 2.75) is 32.1 Å². The number of hydrogen-bond donors (Lipinski definition) is 1. The third-order valence-corrected chi connectivity index (χ3v) is 4.60. The molecule has 0 aliphatic heterocycles.